The maximum Gasteiger partial charge on any atom is 0.208 e. The Hall–Kier alpha value is -2.14. The van der Waals surface area contributed by atoms with Crippen LogP contribution < -0.4 is 0 Å². The van der Waals surface area contributed by atoms with E-state index in [1.54, 1.807) is 12.4 Å². The quantitative estimate of drug-likeness (QED) is 0.646. The van der Waals surface area contributed by atoms with Crippen LogP contribution in [0.2, 0.25) is 0 Å². The maximum absolute atomic E-state index is 12.2. The number of rotatable bonds is 2. The molecule has 0 aliphatic rings. The van der Waals surface area contributed by atoms with E-state index >= 15 is 0 Å². The van der Waals surface area contributed by atoms with Gasteiger partial charge in [0.2, 0.25) is 5.78 Å². The Labute approximate surface area is 101 Å². The van der Waals surface area contributed by atoms with Gasteiger partial charge in [0.15, 0.2) is 0 Å². The van der Waals surface area contributed by atoms with Crippen LogP contribution in [0, 0.1) is 0 Å². The molecule has 0 N–H and O–H groups in total. The van der Waals surface area contributed by atoms with E-state index in [0.29, 0.717) is 10.4 Å². The molecule has 0 bridgehead atoms. The number of hydrogen-bond donors (Lipinski definition) is 0. The monoisotopic (exact) mass is 241 g/mol. The minimum absolute atomic E-state index is 0.0794. The molecule has 3 aromatic rings. The zero-order chi connectivity index (χ0) is 11.7. The lowest BCUT2D eigenvalue weighted by molar-refractivity contribution is 0.104. The molecule has 0 spiro atoms. The molecule has 0 aliphatic heterocycles. The molecule has 0 saturated heterocycles. The summed E-state index contributed by atoms with van der Waals surface area (Å²) < 4.78 is 3.70. The Morgan fingerprint density at radius 3 is 2.82 bits per heavy atom. The molecule has 17 heavy (non-hydrogen) atoms. The standard InChI is InChI=1S/C12H7N3OS/c16-12(11-7-14-15-17-11)10-6-13-5-8-3-1-2-4-9(8)10/h1-7H. The number of carbonyl (C=O) groups is 1. The first kappa shape index (κ1) is 10.0. The first-order valence-corrected chi connectivity index (χ1v) is 5.78. The molecule has 2 aromatic heterocycles. The average Bonchev–Trinajstić information content (AvgIpc) is 2.91. The topological polar surface area (TPSA) is 55.7 Å². The first-order chi connectivity index (χ1) is 8.36. The van der Waals surface area contributed by atoms with E-state index in [-0.39, 0.29) is 5.78 Å². The molecule has 0 saturated carbocycles. The van der Waals surface area contributed by atoms with Crippen molar-refractivity contribution >= 4 is 28.1 Å². The highest BCUT2D eigenvalue weighted by molar-refractivity contribution is 7.08. The molecule has 1 aromatic carbocycles. The van der Waals surface area contributed by atoms with E-state index in [1.165, 1.54) is 6.20 Å². The Balaban J connectivity index is 2.21. The summed E-state index contributed by atoms with van der Waals surface area (Å²) >= 11 is 1.10. The molecular weight excluding hydrogens is 234 g/mol. The number of benzene rings is 1. The van der Waals surface area contributed by atoms with E-state index < -0.39 is 0 Å². The van der Waals surface area contributed by atoms with Crippen molar-refractivity contribution in [3.8, 4) is 0 Å². The Morgan fingerprint density at radius 1 is 1.12 bits per heavy atom. The van der Waals surface area contributed by atoms with Crippen LogP contribution in [0.4, 0.5) is 0 Å². The Kier molecular flexibility index (Phi) is 2.38. The minimum atomic E-state index is -0.0794. The number of aromatic nitrogens is 3. The molecule has 0 fully saturated rings. The van der Waals surface area contributed by atoms with E-state index in [1.807, 2.05) is 24.3 Å². The fourth-order valence-electron chi connectivity index (χ4n) is 1.70. The third-order valence-electron chi connectivity index (χ3n) is 2.50. The van der Waals surface area contributed by atoms with Gasteiger partial charge in [0.25, 0.3) is 0 Å². The van der Waals surface area contributed by atoms with Gasteiger partial charge in [0, 0.05) is 23.3 Å². The van der Waals surface area contributed by atoms with E-state index in [4.69, 9.17) is 0 Å². The molecule has 0 atom stereocenters. The van der Waals surface area contributed by atoms with Crippen LogP contribution in [0.5, 0.6) is 0 Å². The second-order valence-electron chi connectivity index (χ2n) is 3.52. The third-order valence-corrected chi connectivity index (χ3v) is 3.16. The van der Waals surface area contributed by atoms with Gasteiger partial charge >= 0.3 is 0 Å². The van der Waals surface area contributed by atoms with Crippen molar-refractivity contribution < 1.29 is 4.79 Å². The number of pyridine rings is 1. The van der Waals surface area contributed by atoms with Gasteiger partial charge in [-0.2, -0.15) is 0 Å². The number of carbonyl (C=O) groups excluding carboxylic acids is 1. The number of hydrogen-bond acceptors (Lipinski definition) is 5. The fraction of sp³-hybridized carbons (Fsp3) is 0. The molecular formula is C12H7N3OS. The zero-order valence-electron chi connectivity index (χ0n) is 8.70. The largest absolute Gasteiger partial charge is 0.287 e. The lowest BCUT2D eigenvalue weighted by Gasteiger charge is -2.02. The van der Waals surface area contributed by atoms with Gasteiger partial charge < -0.3 is 0 Å². The predicted octanol–water partition coefficient (Wildman–Crippen LogP) is 2.32. The van der Waals surface area contributed by atoms with Crippen molar-refractivity contribution in [2.75, 3.05) is 0 Å². The Bertz CT molecular complexity index is 674. The second-order valence-corrected chi connectivity index (χ2v) is 4.30. The van der Waals surface area contributed by atoms with Crippen LogP contribution in [0.15, 0.2) is 42.9 Å². The van der Waals surface area contributed by atoms with Crippen molar-refractivity contribution in [1.82, 2.24) is 14.6 Å². The van der Waals surface area contributed by atoms with Crippen molar-refractivity contribution in [1.29, 1.82) is 0 Å². The van der Waals surface area contributed by atoms with Gasteiger partial charge in [-0.05, 0) is 16.9 Å². The molecule has 0 amide bonds. The first-order valence-electron chi connectivity index (χ1n) is 5.01. The molecule has 5 heteroatoms. The van der Waals surface area contributed by atoms with Gasteiger partial charge in [-0.3, -0.25) is 9.78 Å². The molecule has 0 unspecified atom stereocenters. The van der Waals surface area contributed by atoms with Crippen molar-refractivity contribution in [2.45, 2.75) is 0 Å². The molecule has 3 rings (SSSR count). The van der Waals surface area contributed by atoms with Crippen LogP contribution in [0.1, 0.15) is 15.2 Å². The molecule has 0 aliphatic carbocycles. The lowest BCUT2D eigenvalue weighted by atomic mass is 10.0. The van der Waals surface area contributed by atoms with Crippen molar-refractivity contribution in [3.63, 3.8) is 0 Å². The minimum Gasteiger partial charge on any atom is -0.287 e. The van der Waals surface area contributed by atoms with Crippen LogP contribution in [-0.2, 0) is 0 Å². The van der Waals surface area contributed by atoms with E-state index in [9.17, 15) is 4.79 Å². The van der Waals surface area contributed by atoms with Crippen LogP contribution in [-0.4, -0.2) is 20.4 Å². The van der Waals surface area contributed by atoms with Crippen LogP contribution >= 0.6 is 11.5 Å². The van der Waals surface area contributed by atoms with Gasteiger partial charge in [-0.15, -0.1) is 5.10 Å². The second kappa shape index (κ2) is 4.03. The Morgan fingerprint density at radius 2 is 2.00 bits per heavy atom. The summed E-state index contributed by atoms with van der Waals surface area (Å²) in [5.74, 6) is -0.0794. The maximum atomic E-state index is 12.2. The molecule has 0 radical (unpaired) electrons. The van der Waals surface area contributed by atoms with Crippen molar-refractivity contribution in [3.05, 3.63) is 53.3 Å². The average molecular weight is 241 g/mol. The van der Waals surface area contributed by atoms with Crippen molar-refractivity contribution in [2.24, 2.45) is 0 Å². The summed E-state index contributed by atoms with van der Waals surface area (Å²) in [6.45, 7) is 0. The highest BCUT2D eigenvalue weighted by Crippen LogP contribution is 2.20. The van der Waals surface area contributed by atoms with Gasteiger partial charge in [-0.25, -0.2) is 0 Å². The highest BCUT2D eigenvalue weighted by atomic mass is 32.1. The lowest BCUT2D eigenvalue weighted by Crippen LogP contribution is -2.00. The summed E-state index contributed by atoms with van der Waals surface area (Å²) in [4.78, 5) is 16.8. The summed E-state index contributed by atoms with van der Waals surface area (Å²) in [5, 5.41) is 5.53. The summed E-state index contributed by atoms with van der Waals surface area (Å²) in [6, 6.07) is 7.68. The summed E-state index contributed by atoms with van der Waals surface area (Å²) in [6.07, 6.45) is 4.82. The molecule has 82 valence electrons. The van der Waals surface area contributed by atoms with Gasteiger partial charge in [-0.1, -0.05) is 28.8 Å². The van der Waals surface area contributed by atoms with Gasteiger partial charge in [0.1, 0.15) is 4.88 Å². The molecule has 4 nitrogen and oxygen atoms in total. The van der Waals surface area contributed by atoms with Crippen LogP contribution in [0.3, 0.4) is 0 Å². The van der Waals surface area contributed by atoms with Crippen LogP contribution in [0.25, 0.3) is 10.8 Å². The van der Waals surface area contributed by atoms with Gasteiger partial charge in [0.05, 0.1) is 6.20 Å². The normalized spacial score (nSPS) is 10.6. The SMILES string of the molecule is O=C(c1cnns1)c1cncc2ccccc12. The highest BCUT2D eigenvalue weighted by Gasteiger charge is 2.14. The molecule has 2 heterocycles. The summed E-state index contributed by atoms with van der Waals surface area (Å²) in [5.41, 5.74) is 0.592. The van der Waals surface area contributed by atoms with E-state index in [2.05, 4.69) is 14.6 Å². The predicted molar refractivity (Wildman–Crippen MR) is 65.1 cm³/mol. The zero-order valence-corrected chi connectivity index (χ0v) is 9.52. The number of ketones is 1. The summed E-state index contributed by atoms with van der Waals surface area (Å²) in [7, 11) is 0. The third kappa shape index (κ3) is 1.70. The van der Waals surface area contributed by atoms with E-state index in [0.717, 1.165) is 22.3 Å². The number of nitrogens with zero attached hydrogens (tertiary/aromatic N) is 3. The fourth-order valence-corrected chi connectivity index (χ4v) is 2.17. The number of fused-ring (bicyclic) bond motifs is 1. The smallest absolute Gasteiger partial charge is 0.208 e.